The van der Waals surface area contributed by atoms with Crippen LogP contribution in [-0.4, -0.2) is 23.9 Å². The fraction of sp³-hybridized carbons (Fsp3) is 0.0750. The van der Waals surface area contributed by atoms with Gasteiger partial charge in [0, 0.05) is 51.8 Å². The molecular weight excluding hydrogens is 566 g/mol. The van der Waals surface area contributed by atoms with E-state index in [2.05, 4.69) is 108 Å². The van der Waals surface area contributed by atoms with Gasteiger partial charge in [-0.2, -0.15) is 0 Å². The molecule has 5 aromatic heterocycles. The minimum absolute atomic E-state index is 0.740. The summed E-state index contributed by atoms with van der Waals surface area (Å²) in [6.45, 7) is 6.45. The summed E-state index contributed by atoms with van der Waals surface area (Å²) in [4.78, 5) is 14.7. The van der Waals surface area contributed by atoms with Gasteiger partial charge in [-0.3, -0.25) is 8.97 Å². The van der Waals surface area contributed by atoms with E-state index in [-0.39, 0.29) is 0 Å². The molecule has 0 saturated carbocycles. The topological polar surface area (TPSA) is 57.2 Å². The molecule has 0 aliphatic heterocycles. The van der Waals surface area contributed by atoms with Gasteiger partial charge in [0.15, 0.2) is 0 Å². The van der Waals surface area contributed by atoms with E-state index in [0.717, 1.165) is 72.4 Å². The smallest absolute Gasteiger partial charge is 0.147 e. The first-order chi connectivity index (χ1) is 22.5. The number of hydrogen-bond donors (Lipinski definition) is 0. The molecule has 0 spiro atoms. The van der Waals surface area contributed by atoms with Gasteiger partial charge in [-0.05, 0) is 97.9 Å². The Morgan fingerprint density at radius 1 is 0.565 bits per heavy atom. The highest BCUT2D eigenvalue weighted by molar-refractivity contribution is 6.12. The van der Waals surface area contributed by atoms with E-state index < -0.39 is 0 Å². The van der Waals surface area contributed by atoms with Gasteiger partial charge in [-0.15, -0.1) is 0 Å². The Labute approximate surface area is 265 Å². The number of rotatable bonds is 4. The Morgan fingerprint density at radius 2 is 1.28 bits per heavy atom. The quantitative estimate of drug-likeness (QED) is 0.190. The molecule has 4 aromatic carbocycles. The number of nitrogens with zero attached hydrogens (tertiary/aromatic N) is 5. The lowest BCUT2D eigenvalue weighted by molar-refractivity contribution is 0.484. The van der Waals surface area contributed by atoms with Gasteiger partial charge < -0.3 is 4.74 Å². The molecule has 6 heteroatoms. The molecule has 9 rings (SSSR count). The monoisotopic (exact) mass is 595 g/mol. The van der Waals surface area contributed by atoms with E-state index in [0.29, 0.717) is 0 Å². The Kier molecular flexibility index (Phi) is 5.74. The van der Waals surface area contributed by atoms with Crippen LogP contribution in [0.3, 0.4) is 0 Å². The molecule has 5 heterocycles. The second-order valence-corrected chi connectivity index (χ2v) is 12.0. The maximum atomic E-state index is 6.60. The first-order valence-corrected chi connectivity index (χ1v) is 15.4. The summed E-state index contributed by atoms with van der Waals surface area (Å²) in [5, 5.41) is 5.49. The highest BCUT2D eigenvalue weighted by Crippen LogP contribution is 2.38. The van der Waals surface area contributed by atoms with Crippen LogP contribution in [0.4, 0.5) is 0 Å². The zero-order valence-corrected chi connectivity index (χ0v) is 25.7. The van der Waals surface area contributed by atoms with Crippen molar-refractivity contribution >= 4 is 49.3 Å². The van der Waals surface area contributed by atoms with Crippen LogP contribution in [0.2, 0.25) is 0 Å². The Hall–Kier alpha value is -6.01. The van der Waals surface area contributed by atoms with Crippen molar-refractivity contribution in [2.75, 3.05) is 0 Å². The molecule has 0 aliphatic carbocycles. The molecule has 46 heavy (non-hydrogen) atoms. The molecule has 0 saturated heterocycles. The van der Waals surface area contributed by atoms with Crippen molar-refractivity contribution in [1.29, 1.82) is 0 Å². The zero-order chi connectivity index (χ0) is 30.9. The number of fused-ring (bicyclic) bond motifs is 9. The Balaban J connectivity index is 1.22. The molecule has 0 fully saturated rings. The third-order valence-corrected chi connectivity index (χ3v) is 8.94. The van der Waals surface area contributed by atoms with Crippen LogP contribution in [0.25, 0.3) is 66.3 Å². The minimum atomic E-state index is 0.740. The summed E-state index contributed by atoms with van der Waals surface area (Å²) in [5.41, 5.74) is 9.66. The van der Waals surface area contributed by atoms with Crippen molar-refractivity contribution in [1.82, 2.24) is 23.9 Å². The van der Waals surface area contributed by atoms with Crippen LogP contribution in [-0.2, 0) is 0 Å². The van der Waals surface area contributed by atoms with Gasteiger partial charge in [-0.25, -0.2) is 15.0 Å². The molecular formula is C40H29N5O. The average Bonchev–Trinajstić information content (AvgIpc) is 3.65. The first-order valence-electron chi connectivity index (χ1n) is 15.4. The standard InChI is InChI=1S/C40H29N5O/c1-24-19-25(2)38(26(3)20-24)34-23-44-39-32(10-8-18-42-39)29-15-13-27(21-33(29)40(44)43-34)46-28-14-16-31-30-9-4-5-11-35(30)45(36(31)22-28)37-12-6-7-17-41-37/h4-23H,1-3H3. The van der Waals surface area contributed by atoms with Gasteiger partial charge in [0.2, 0.25) is 0 Å². The number of para-hydroxylation sites is 1. The number of aryl methyl sites for hydroxylation is 3. The SMILES string of the molecule is Cc1cc(C)c(-c2cn3c4ncccc4c4ccc(Oc5ccc6c7ccccc7n(-c7ccccn7)c6c5)cc4c3n2)c(C)c1. The van der Waals surface area contributed by atoms with Gasteiger partial charge in [0.25, 0.3) is 0 Å². The van der Waals surface area contributed by atoms with Crippen molar-refractivity contribution in [3.63, 3.8) is 0 Å². The normalized spacial score (nSPS) is 11.8. The summed E-state index contributed by atoms with van der Waals surface area (Å²) in [5.74, 6) is 2.36. The van der Waals surface area contributed by atoms with Crippen molar-refractivity contribution < 1.29 is 4.74 Å². The van der Waals surface area contributed by atoms with Crippen molar-refractivity contribution in [2.45, 2.75) is 20.8 Å². The third-order valence-electron chi connectivity index (χ3n) is 8.94. The Morgan fingerprint density at radius 3 is 2.11 bits per heavy atom. The van der Waals surface area contributed by atoms with Gasteiger partial charge in [0.05, 0.1) is 16.7 Å². The predicted octanol–water partition coefficient (Wildman–Crippen LogP) is 9.91. The molecule has 0 atom stereocenters. The lowest BCUT2D eigenvalue weighted by Gasteiger charge is -2.11. The molecule has 9 aromatic rings. The summed E-state index contributed by atoms with van der Waals surface area (Å²) < 4.78 is 10.9. The van der Waals surface area contributed by atoms with Gasteiger partial charge >= 0.3 is 0 Å². The number of aromatic nitrogens is 5. The molecule has 0 N–H and O–H groups in total. The summed E-state index contributed by atoms with van der Waals surface area (Å²) in [6.07, 6.45) is 5.79. The average molecular weight is 596 g/mol. The van der Waals surface area contributed by atoms with Gasteiger partial charge in [-0.1, -0.05) is 42.0 Å². The fourth-order valence-electron chi connectivity index (χ4n) is 7.12. The van der Waals surface area contributed by atoms with E-state index in [1.165, 1.54) is 22.1 Å². The maximum Gasteiger partial charge on any atom is 0.147 e. The van der Waals surface area contributed by atoms with Crippen LogP contribution in [0.1, 0.15) is 16.7 Å². The fourth-order valence-corrected chi connectivity index (χ4v) is 7.12. The number of ether oxygens (including phenoxy) is 1. The summed E-state index contributed by atoms with van der Waals surface area (Å²) in [7, 11) is 0. The molecule has 0 aliphatic rings. The predicted molar refractivity (Wildman–Crippen MR) is 186 cm³/mol. The number of hydrogen-bond acceptors (Lipinski definition) is 4. The van der Waals surface area contributed by atoms with Crippen LogP contribution in [0, 0.1) is 20.8 Å². The number of imidazole rings is 1. The highest BCUT2D eigenvalue weighted by atomic mass is 16.5. The summed E-state index contributed by atoms with van der Waals surface area (Å²) >= 11 is 0. The molecule has 0 unspecified atom stereocenters. The van der Waals surface area contributed by atoms with Crippen molar-refractivity contribution in [3.05, 3.63) is 138 Å². The second-order valence-electron chi connectivity index (χ2n) is 12.0. The van der Waals surface area contributed by atoms with E-state index in [1.807, 2.05) is 48.8 Å². The third kappa shape index (κ3) is 4.00. The Bertz CT molecular complexity index is 2630. The largest absolute Gasteiger partial charge is 0.457 e. The number of pyridine rings is 3. The molecule has 0 bridgehead atoms. The van der Waals surface area contributed by atoms with Crippen LogP contribution < -0.4 is 4.74 Å². The number of benzene rings is 4. The lowest BCUT2D eigenvalue weighted by atomic mass is 9.98. The molecule has 0 radical (unpaired) electrons. The van der Waals surface area contributed by atoms with Crippen LogP contribution in [0.5, 0.6) is 11.5 Å². The van der Waals surface area contributed by atoms with Crippen molar-refractivity contribution in [2.24, 2.45) is 0 Å². The minimum Gasteiger partial charge on any atom is -0.457 e. The zero-order valence-electron chi connectivity index (χ0n) is 25.7. The molecule has 220 valence electrons. The van der Waals surface area contributed by atoms with E-state index in [9.17, 15) is 0 Å². The lowest BCUT2D eigenvalue weighted by Crippen LogP contribution is -1.96. The van der Waals surface area contributed by atoms with E-state index in [1.54, 1.807) is 0 Å². The van der Waals surface area contributed by atoms with Crippen molar-refractivity contribution in [3.8, 4) is 28.6 Å². The molecule has 0 amide bonds. The van der Waals surface area contributed by atoms with Crippen LogP contribution in [0.15, 0.2) is 122 Å². The second kappa shape index (κ2) is 10.0. The van der Waals surface area contributed by atoms with Crippen LogP contribution >= 0.6 is 0 Å². The maximum absolute atomic E-state index is 6.60. The van der Waals surface area contributed by atoms with E-state index >= 15 is 0 Å². The highest BCUT2D eigenvalue weighted by Gasteiger charge is 2.18. The van der Waals surface area contributed by atoms with Gasteiger partial charge in [0.1, 0.15) is 28.6 Å². The molecule has 6 nitrogen and oxygen atoms in total. The first kappa shape index (κ1) is 26.4. The van der Waals surface area contributed by atoms with E-state index in [4.69, 9.17) is 14.7 Å². The summed E-state index contributed by atoms with van der Waals surface area (Å²) in [6, 6.07) is 35.5.